The molecule has 0 fully saturated rings. The van der Waals surface area contributed by atoms with Gasteiger partial charge < -0.3 is 10.6 Å². The lowest BCUT2D eigenvalue weighted by Gasteiger charge is -2.28. The average Bonchev–Trinajstić information content (AvgIpc) is 3.08. The molecule has 2 rings (SSSR count). The standard InChI is InChI=1S/C20H27N5OS2/c1-12(2)15-7-9-16(10-8-15)22-18-24-25-19(28-18)27-14(5)17(26)23-20(6,11-21)13(3)4/h7-10,12-14H,1-6H3,(H,22,24)(H,23,26)/t14-,20-/m1/s1. The Morgan fingerprint density at radius 2 is 1.82 bits per heavy atom. The van der Waals surface area contributed by atoms with E-state index in [1.807, 2.05) is 26.0 Å². The summed E-state index contributed by atoms with van der Waals surface area (Å²) in [4.78, 5) is 12.5. The molecule has 150 valence electrons. The first-order chi connectivity index (χ1) is 13.1. The second kappa shape index (κ2) is 9.39. The molecule has 0 saturated heterocycles. The normalized spacial score (nSPS) is 14.4. The Hall–Kier alpha value is -2.11. The monoisotopic (exact) mass is 417 g/mol. The van der Waals surface area contributed by atoms with E-state index in [1.165, 1.54) is 28.7 Å². The van der Waals surface area contributed by atoms with E-state index >= 15 is 0 Å². The molecule has 1 aromatic carbocycles. The van der Waals surface area contributed by atoms with Crippen molar-refractivity contribution in [1.82, 2.24) is 15.5 Å². The smallest absolute Gasteiger partial charge is 0.234 e. The van der Waals surface area contributed by atoms with Crippen molar-refractivity contribution in [3.05, 3.63) is 29.8 Å². The summed E-state index contributed by atoms with van der Waals surface area (Å²) in [5, 5.41) is 24.1. The van der Waals surface area contributed by atoms with Crippen LogP contribution in [0.1, 0.15) is 53.0 Å². The van der Waals surface area contributed by atoms with Crippen molar-refractivity contribution >= 4 is 39.8 Å². The maximum atomic E-state index is 12.5. The quantitative estimate of drug-likeness (QED) is 0.591. The highest BCUT2D eigenvalue weighted by Crippen LogP contribution is 2.31. The van der Waals surface area contributed by atoms with Gasteiger partial charge in [-0.2, -0.15) is 5.26 Å². The molecule has 0 spiro atoms. The van der Waals surface area contributed by atoms with Crippen LogP contribution in [-0.4, -0.2) is 26.9 Å². The molecule has 0 aliphatic heterocycles. The van der Waals surface area contributed by atoms with Crippen molar-refractivity contribution < 1.29 is 4.79 Å². The molecule has 0 radical (unpaired) electrons. The number of nitrogens with one attached hydrogen (secondary N) is 2. The van der Waals surface area contributed by atoms with Crippen LogP contribution < -0.4 is 10.6 Å². The molecule has 0 aliphatic rings. The molecule has 0 saturated carbocycles. The lowest BCUT2D eigenvalue weighted by Crippen LogP contribution is -2.51. The maximum absolute atomic E-state index is 12.5. The van der Waals surface area contributed by atoms with Gasteiger partial charge in [0, 0.05) is 5.69 Å². The lowest BCUT2D eigenvalue weighted by molar-refractivity contribution is -0.121. The molecule has 0 unspecified atom stereocenters. The third kappa shape index (κ3) is 5.69. The fourth-order valence-electron chi connectivity index (χ4n) is 2.25. The van der Waals surface area contributed by atoms with E-state index in [1.54, 1.807) is 13.8 Å². The van der Waals surface area contributed by atoms with Gasteiger partial charge in [0.2, 0.25) is 11.0 Å². The Morgan fingerprint density at radius 1 is 1.18 bits per heavy atom. The first-order valence-corrected chi connectivity index (χ1v) is 10.9. The summed E-state index contributed by atoms with van der Waals surface area (Å²) < 4.78 is 0.701. The van der Waals surface area contributed by atoms with Crippen LogP contribution in [0.15, 0.2) is 28.6 Å². The highest BCUT2D eigenvalue weighted by atomic mass is 32.2. The summed E-state index contributed by atoms with van der Waals surface area (Å²) in [6.07, 6.45) is 0. The van der Waals surface area contributed by atoms with E-state index in [0.29, 0.717) is 15.4 Å². The van der Waals surface area contributed by atoms with Crippen LogP contribution in [0.25, 0.3) is 0 Å². The number of aromatic nitrogens is 2. The van der Waals surface area contributed by atoms with Crippen molar-refractivity contribution in [3.8, 4) is 6.07 Å². The number of hydrogen-bond acceptors (Lipinski definition) is 7. The van der Waals surface area contributed by atoms with Gasteiger partial charge in [0.1, 0.15) is 5.54 Å². The first-order valence-electron chi connectivity index (χ1n) is 9.25. The number of amides is 1. The molecule has 2 atom stereocenters. The second-order valence-electron chi connectivity index (χ2n) is 7.49. The molecule has 8 heteroatoms. The van der Waals surface area contributed by atoms with Crippen LogP contribution >= 0.6 is 23.1 Å². The van der Waals surface area contributed by atoms with E-state index in [9.17, 15) is 10.1 Å². The summed E-state index contributed by atoms with van der Waals surface area (Å²) in [6, 6.07) is 10.4. The van der Waals surface area contributed by atoms with E-state index in [-0.39, 0.29) is 17.1 Å². The highest BCUT2D eigenvalue weighted by Gasteiger charge is 2.32. The van der Waals surface area contributed by atoms with Gasteiger partial charge in [0.25, 0.3) is 0 Å². The molecule has 2 N–H and O–H groups in total. The fourth-order valence-corrected chi connectivity index (χ4v) is 4.16. The SMILES string of the molecule is CC(C)c1ccc(Nc2nnc(S[C@H](C)C(=O)N[C@](C)(C#N)C(C)C)s2)cc1. The van der Waals surface area contributed by atoms with Crippen molar-refractivity contribution in [1.29, 1.82) is 5.26 Å². The van der Waals surface area contributed by atoms with Gasteiger partial charge >= 0.3 is 0 Å². The second-order valence-corrected chi connectivity index (χ2v) is 10.1. The third-order valence-corrected chi connectivity index (χ3v) is 6.67. The van der Waals surface area contributed by atoms with Crippen molar-refractivity contribution in [3.63, 3.8) is 0 Å². The Morgan fingerprint density at radius 3 is 2.36 bits per heavy atom. The number of nitriles is 1. The van der Waals surface area contributed by atoms with Crippen LogP contribution in [-0.2, 0) is 4.79 Å². The molecular formula is C20H27N5OS2. The number of thioether (sulfide) groups is 1. The van der Waals surface area contributed by atoms with Gasteiger partial charge in [0.15, 0.2) is 4.34 Å². The molecule has 0 bridgehead atoms. The van der Waals surface area contributed by atoms with Crippen LogP contribution in [0.4, 0.5) is 10.8 Å². The molecule has 1 aromatic heterocycles. The molecule has 0 aliphatic carbocycles. The zero-order chi connectivity index (χ0) is 20.9. The number of nitrogens with zero attached hydrogens (tertiary/aromatic N) is 3. The van der Waals surface area contributed by atoms with Crippen LogP contribution in [0, 0.1) is 17.2 Å². The number of carbonyl (C=O) groups excluding carboxylic acids is 1. The van der Waals surface area contributed by atoms with Crippen LogP contribution in [0.3, 0.4) is 0 Å². The maximum Gasteiger partial charge on any atom is 0.234 e. The van der Waals surface area contributed by atoms with Crippen LogP contribution in [0.2, 0.25) is 0 Å². The van der Waals surface area contributed by atoms with Gasteiger partial charge in [-0.3, -0.25) is 4.79 Å². The summed E-state index contributed by atoms with van der Waals surface area (Å²) in [6.45, 7) is 11.7. The summed E-state index contributed by atoms with van der Waals surface area (Å²) in [5.41, 5.74) is 1.34. The Labute approximate surface area is 175 Å². The van der Waals surface area contributed by atoms with Gasteiger partial charge in [-0.1, -0.05) is 62.9 Å². The van der Waals surface area contributed by atoms with Crippen molar-refractivity contribution in [2.24, 2.45) is 5.92 Å². The van der Waals surface area contributed by atoms with E-state index in [2.05, 4.69) is 52.9 Å². The topological polar surface area (TPSA) is 90.7 Å². The first kappa shape index (κ1) is 22.2. The molecule has 1 heterocycles. The highest BCUT2D eigenvalue weighted by molar-refractivity contribution is 8.02. The van der Waals surface area contributed by atoms with Gasteiger partial charge in [-0.05, 0) is 43.4 Å². The van der Waals surface area contributed by atoms with E-state index in [4.69, 9.17) is 0 Å². The molecule has 28 heavy (non-hydrogen) atoms. The van der Waals surface area contributed by atoms with E-state index < -0.39 is 5.54 Å². The Balaban J connectivity index is 1.96. The van der Waals surface area contributed by atoms with Gasteiger partial charge in [-0.15, -0.1) is 10.2 Å². The molecule has 2 aromatic rings. The number of benzene rings is 1. The minimum Gasteiger partial charge on any atom is -0.337 e. The molecule has 6 nitrogen and oxygen atoms in total. The molecule has 1 amide bonds. The Kier molecular flexibility index (Phi) is 7.44. The zero-order valence-corrected chi connectivity index (χ0v) is 18.7. The minimum atomic E-state index is -0.887. The van der Waals surface area contributed by atoms with Gasteiger partial charge in [0.05, 0.1) is 11.3 Å². The number of hydrogen-bond donors (Lipinski definition) is 2. The van der Waals surface area contributed by atoms with Gasteiger partial charge in [-0.25, -0.2) is 0 Å². The summed E-state index contributed by atoms with van der Waals surface area (Å²) in [5.74, 6) is 0.319. The third-order valence-electron chi connectivity index (χ3n) is 4.65. The molecular weight excluding hydrogens is 390 g/mol. The zero-order valence-electron chi connectivity index (χ0n) is 17.1. The predicted molar refractivity (Wildman–Crippen MR) is 116 cm³/mol. The summed E-state index contributed by atoms with van der Waals surface area (Å²) >= 11 is 2.73. The lowest BCUT2D eigenvalue weighted by atomic mass is 9.90. The number of carbonyl (C=O) groups is 1. The fraction of sp³-hybridized carbons (Fsp3) is 0.500. The number of rotatable bonds is 8. The van der Waals surface area contributed by atoms with Crippen molar-refractivity contribution in [2.75, 3.05) is 5.32 Å². The average molecular weight is 418 g/mol. The predicted octanol–water partition coefficient (Wildman–Crippen LogP) is 4.94. The van der Waals surface area contributed by atoms with Crippen molar-refractivity contribution in [2.45, 2.75) is 62.6 Å². The number of anilines is 2. The summed E-state index contributed by atoms with van der Waals surface area (Å²) in [7, 11) is 0. The largest absolute Gasteiger partial charge is 0.337 e. The minimum absolute atomic E-state index is 0.0121. The Bertz CT molecular complexity index is 841. The van der Waals surface area contributed by atoms with Crippen LogP contribution in [0.5, 0.6) is 0 Å². The van der Waals surface area contributed by atoms with E-state index in [0.717, 1.165) is 5.69 Å².